The number of nitro groups is 1. The lowest BCUT2D eigenvalue weighted by Crippen LogP contribution is -2.34. The Morgan fingerprint density at radius 2 is 1.89 bits per heavy atom. The summed E-state index contributed by atoms with van der Waals surface area (Å²) in [5.74, 6) is 0. The van der Waals surface area contributed by atoms with E-state index in [1.807, 2.05) is 0 Å². The number of rotatable bonds is 4. The van der Waals surface area contributed by atoms with Crippen molar-refractivity contribution in [1.29, 1.82) is 0 Å². The zero-order valence-corrected chi connectivity index (χ0v) is 11.0. The lowest BCUT2D eigenvalue weighted by Gasteiger charge is -2.12. The van der Waals surface area contributed by atoms with E-state index in [0.717, 1.165) is 6.42 Å². The lowest BCUT2D eigenvalue weighted by molar-refractivity contribution is -0.384. The van der Waals surface area contributed by atoms with Gasteiger partial charge in [0, 0.05) is 24.2 Å². The first-order chi connectivity index (χ1) is 8.88. The fraction of sp³-hybridized carbons (Fsp3) is 0.455. The molecule has 1 saturated carbocycles. The third kappa shape index (κ3) is 3.28. The zero-order chi connectivity index (χ0) is 14.0. The van der Waals surface area contributed by atoms with Crippen molar-refractivity contribution in [1.82, 2.24) is 4.72 Å². The third-order valence-electron chi connectivity index (χ3n) is 3.15. The molecule has 3 N–H and O–H groups in total. The largest absolute Gasteiger partial charge is 0.328 e. The highest BCUT2D eigenvalue weighted by Crippen LogP contribution is 2.21. The highest BCUT2D eigenvalue weighted by atomic mass is 32.2. The Labute approximate surface area is 111 Å². The van der Waals surface area contributed by atoms with E-state index in [0.29, 0.717) is 12.8 Å². The van der Waals surface area contributed by atoms with Crippen LogP contribution in [0.1, 0.15) is 19.3 Å². The molecular formula is C11H15N3O4S. The topological polar surface area (TPSA) is 115 Å². The van der Waals surface area contributed by atoms with E-state index in [4.69, 9.17) is 5.73 Å². The number of hydrogen-bond acceptors (Lipinski definition) is 5. The molecule has 0 spiro atoms. The monoisotopic (exact) mass is 285 g/mol. The second-order valence-electron chi connectivity index (χ2n) is 4.64. The highest BCUT2D eigenvalue weighted by Gasteiger charge is 2.26. The molecule has 1 fully saturated rings. The van der Waals surface area contributed by atoms with Crippen LogP contribution in [0.3, 0.4) is 0 Å². The first-order valence-corrected chi connectivity index (χ1v) is 7.39. The third-order valence-corrected chi connectivity index (χ3v) is 4.69. The number of hydrogen-bond donors (Lipinski definition) is 2. The quantitative estimate of drug-likeness (QED) is 0.625. The van der Waals surface area contributed by atoms with Crippen LogP contribution < -0.4 is 10.5 Å². The summed E-state index contributed by atoms with van der Waals surface area (Å²) in [4.78, 5) is 9.96. The van der Waals surface area contributed by atoms with E-state index in [9.17, 15) is 18.5 Å². The molecule has 0 saturated heterocycles. The van der Waals surface area contributed by atoms with Crippen molar-refractivity contribution in [2.45, 2.75) is 36.2 Å². The summed E-state index contributed by atoms with van der Waals surface area (Å²) in [6.07, 6.45) is 2.13. The van der Waals surface area contributed by atoms with Crippen LogP contribution in [0, 0.1) is 10.1 Å². The molecule has 2 rings (SSSR count). The van der Waals surface area contributed by atoms with Crippen molar-refractivity contribution in [3.8, 4) is 0 Å². The van der Waals surface area contributed by atoms with Gasteiger partial charge in [0.25, 0.3) is 5.69 Å². The molecule has 19 heavy (non-hydrogen) atoms. The molecule has 0 amide bonds. The van der Waals surface area contributed by atoms with Crippen LogP contribution in [0.4, 0.5) is 5.69 Å². The maximum absolute atomic E-state index is 12.1. The summed E-state index contributed by atoms with van der Waals surface area (Å²) in [7, 11) is -3.64. The van der Waals surface area contributed by atoms with Crippen LogP contribution >= 0.6 is 0 Å². The maximum Gasteiger partial charge on any atom is 0.269 e. The molecule has 1 aliphatic carbocycles. The van der Waals surface area contributed by atoms with Crippen LogP contribution in [0.15, 0.2) is 29.2 Å². The van der Waals surface area contributed by atoms with E-state index in [1.54, 1.807) is 0 Å². The molecule has 0 aliphatic heterocycles. The van der Waals surface area contributed by atoms with E-state index in [2.05, 4.69) is 4.72 Å². The Balaban J connectivity index is 2.13. The van der Waals surface area contributed by atoms with Crippen LogP contribution in [0.5, 0.6) is 0 Å². The Morgan fingerprint density at radius 1 is 1.26 bits per heavy atom. The Morgan fingerprint density at radius 3 is 2.37 bits per heavy atom. The molecule has 8 heteroatoms. The van der Waals surface area contributed by atoms with Crippen molar-refractivity contribution in [3.63, 3.8) is 0 Å². The number of non-ortho nitro benzene ring substituents is 1. The van der Waals surface area contributed by atoms with Crippen LogP contribution in [-0.4, -0.2) is 25.4 Å². The first kappa shape index (κ1) is 13.9. The van der Waals surface area contributed by atoms with Gasteiger partial charge in [0.05, 0.1) is 9.82 Å². The second-order valence-corrected chi connectivity index (χ2v) is 6.36. The minimum atomic E-state index is -3.64. The van der Waals surface area contributed by atoms with Gasteiger partial charge in [-0.05, 0) is 31.4 Å². The summed E-state index contributed by atoms with van der Waals surface area (Å²) < 4.78 is 26.7. The first-order valence-electron chi connectivity index (χ1n) is 5.91. The fourth-order valence-corrected chi connectivity index (χ4v) is 3.44. The minimum Gasteiger partial charge on any atom is -0.328 e. The van der Waals surface area contributed by atoms with Gasteiger partial charge in [0.15, 0.2) is 0 Å². The predicted octanol–water partition coefficient (Wildman–Crippen LogP) is 0.753. The Bertz CT molecular complexity index is 570. The molecule has 1 aromatic rings. The van der Waals surface area contributed by atoms with E-state index in [-0.39, 0.29) is 22.7 Å². The number of sulfonamides is 1. The van der Waals surface area contributed by atoms with E-state index in [1.165, 1.54) is 24.3 Å². The van der Waals surface area contributed by atoms with Crippen molar-refractivity contribution >= 4 is 15.7 Å². The van der Waals surface area contributed by atoms with E-state index < -0.39 is 14.9 Å². The standard InChI is InChI=1S/C11H15N3O4S/c12-8-1-2-9(7-8)13-19(17,18)11-5-3-10(4-6-11)14(15)16/h3-6,8-9,13H,1-2,7,12H2/t8-,9+/m0/s1. The molecule has 0 heterocycles. The van der Waals surface area contributed by atoms with Crippen molar-refractivity contribution in [3.05, 3.63) is 34.4 Å². The van der Waals surface area contributed by atoms with E-state index >= 15 is 0 Å². The van der Waals surface area contributed by atoms with Crippen LogP contribution in [0.25, 0.3) is 0 Å². The van der Waals surface area contributed by atoms with Crippen molar-refractivity contribution in [2.75, 3.05) is 0 Å². The second kappa shape index (κ2) is 5.24. The average molecular weight is 285 g/mol. The molecule has 1 aliphatic rings. The van der Waals surface area contributed by atoms with Gasteiger partial charge in [0.1, 0.15) is 0 Å². The summed E-state index contributed by atoms with van der Waals surface area (Å²) in [5, 5.41) is 10.5. The molecule has 0 bridgehead atoms. The van der Waals surface area contributed by atoms with Gasteiger partial charge in [-0.15, -0.1) is 0 Å². The molecular weight excluding hydrogens is 270 g/mol. The predicted molar refractivity (Wildman–Crippen MR) is 69.0 cm³/mol. The Hall–Kier alpha value is -1.51. The van der Waals surface area contributed by atoms with Gasteiger partial charge in [-0.3, -0.25) is 10.1 Å². The van der Waals surface area contributed by atoms with Crippen LogP contribution in [-0.2, 0) is 10.0 Å². The number of nitrogens with one attached hydrogen (secondary N) is 1. The zero-order valence-electron chi connectivity index (χ0n) is 10.2. The van der Waals surface area contributed by atoms with Crippen LogP contribution in [0.2, 0.25) is 0 Å². The van der Waals surface area contributed by atoms with Gasteiger partial charge in [0.2, 0.25) is 10.0 Å². The number of nitrogens with two attached hydrogens (primary N) is 1. The average Bonchev–Trinajstić information content (AvgIpc) is 2.74. The molecule has 0 aromatic heterocycles. The fourth-order valence-electron chi connectivity index (χ4n) is 2.16. The lowest BCUT2D eigenvalue weighted by atomic mass is 10.2. The molecule has 1 aromatic carbocycles. The highest BCUT2D eigenvalue weighted by molar-refractivity contribution is 7.89. The van der Waals surface area contributed by atoms with Gasteiger partial charge in [-0.25, -0.2) is 13.1 Å². The van der Waals surface area contributed by atoms with Crippen molar-refractivity contribution in [2.24, 2.45) is 5.73 Å². The maximum atomic E-state index is 12.1. The number of nitro benzene ring substituents is 1. The summed E-state index contributed by atoms with van der Waals surface area (Å²) in [6.45, 7) is 0. The Kier molecular flexibility index (Phi) is 3.83. The molecule has 2 atom stereocenters. The number of nitrogens with zero attached hydrogens (tertiary/aromatic N) is 1. The SMILES string of the molecule is N[C@H]1CC[C@@H](NS(=O)(=O)c2ccc([N+](=O)[O-])cc2)C1. The number of benzene rings is 1. The van der Waals surface area contributed by atoms with Crippen molar-refractivity contribution < 1.29 is 13.3 Å². The smallest absolute Gasteiger partial charge is 0.269 e. The van der Waals surface area contributed by atoms with Gasteiger partial charge in [-0.2, -0.15) is 0 Å². The van der Waals surface area contributed by atoms with Gasteiger partial charge < -0.3 is 5.73 Å². The molecule has 104 valence electrons. The molecule has 7 nitrogen and oxygen atoms in total. The summed E-state index contributed by atoms with van der Waals surface area (Å²) >= 11 is 0. The summed E-state index contributed by atoms with van der Waals surface area (Å²) in [6, 6.07) is 4.69. The minimum absolute atomic E-state index is 0.0265. The molecule has 0 unspecified atom stereocenters. The van der Waals surface area contributed by atoms with Gasteiger partial charge >= 0.3 is 0 Å². The van der Waals surface area contributed by atoms with Gasteiger partial charge in [-0.1, -0.05) is 0 Å². The summed E-state index contributed by atoms with van der Waals surface area (Å²) in [5.41, 5.74) is 5.59. The normalized spacial score (nSPS) is 23.4. The molecule has 0 radical (unpaired) electrons.